The molecule has 30 heavy (non-hydrogen) atoms. The van der Waals surface area contributed by atoms with Crippen molar-refractivity contribution >= 4 is 52.0 Å². The number of oxazole rings is 1. The maximum absolute atomic E-state index is 12.2. The van der Waals surface area contributed by atoms with Crippen molar-refractivity contribution < 1.29 is 13.9 Å². The van der Waals surface area contributed by atoms with Crippen molar-refractivity contribution in [2.24, 2.45) is 0 Å². The Hall–Kier alpha value is -3.28. The lowest BCUT2D eigenvalue weighted by Crippen LogP contribution is -2.07. The summed E-state index contributed by atoms with van der Waals surface area (Å²) < 4.78 is 11.0. The minimum atomic E-state index is -0.255. The molecule has 3 aromatic carbocycles. The van der Waals surface area contributed by atoms with Crippen LogP contribution in [-0.2, 0) is 4.79 Å². The predicted molar refractivity (Wildman–Crippen MR) is 120 cm³/mol. The van der Waals surface area contributed by atoms with E-state index >= 15 is 0 Å². The number of ether oxygens (including phenoxy) is 1. The van der Waals surface area contributed by atoms with Crippen molar-refractivity contribution in [1.29, 1.82) is 0 Å². The molecular formula is C23H16Cl2N2O3. The summed E-state index contributed by atoms with van der Waals surface area (Å²) in [5.41, 5.74) is 3.45. The fourth-order valence-electron chi connectivity index (χ4n) is 2.86. The minimum absolute atomic E-state index is 0.255. The number of carbonyl (C=O) groups is 1. The van der Waals surface area contributed by atoms with Crippen LogP contribution in [-0.4, -0.2) is 18.0 Å². The second-order valence-corrected chi connectivity index (χ2v) is 7.27. The molecule has 150 valence electrons. The summed E-state index contributed by atoms with van der Waals surface area (Å²) >= 11 is 12.0. The lowest BCUT2D eigenvalue weighted by Gasteiger charge is -2.03. The van der Waals surface area contributed by atoms with Gasteiger partial charge in [-0.25, -0.2) is 4.98 Å². The number of hydrogen-bond acceptors (Lipinski definition) is 4. The highest BCUT2D eigenvalue weighted by molar-refractivity contribution is 6.32. The average molecular weight is 439 g/mol. The molecule has 0 bridgehead atoms. The quantitative estimate of drug-likeness (QED) is 0.363. The number of halogens is 2. The summed E-state index contributed by atoms with van der Waals surface area (Å²) in [6.07, 6.45) is 3.17. The van der Waals surface area contributed by atoms with Crippen molar-refractivity contribution in [2.45, 2.75) is 0 Å². The SMILES string of the molecule is COc1ccc(-c2nc3cc(NC(=O)/C=C/c4ccc(Cl)cc4)ccc3o2)cc1Cl. The third kappa shape index (κ3) is 4.48. The Balaban J connectivity index is 1.51. The lowest BCUT2D eigenvalue weighted by molar-refractivity contribution is -0.111. The Morgan fingerprint density at radius 1 is 1.07 bits per heavy atom. The molecule has 0 atom stereocenters. The first-order valence-electron chi connectivity index (χ1n) is 9.01. The van der Waals surface area contributed by atoms with Gasteiger partial charge in [0.15, 0.2) is 5.58 Å². The van der Waals surface area contributed by atoms with Gasteiger partial charge in [-0.15, -0.1) is 0 Å². The van der Waals surface area contributed by atoms with Gasteiger partial charge in [-0.3, -0.25) is 4.79 Å². The van der Waals surface area contributed by atoms with E-state index in [1.807, 2.05) is 18.2 Å². The second kappa shape index (κ2) is 8.61. The number of hydrogen-bond donors (Lipinski definition) is 1. The molecule has 0 radical (unpaired) electrons. The van der Waals surface area contributed by atoms with Crippen LogP contribution in [0.25, 0.3) is 28.6 Å². The normalized spacial score (nSPS) is 11.2. The van der Waals surface area contributed by atoms with Crippen molar-refractivity contribution in [2.75, 3.05) is 12.4 Å². The van der Waals surface area contributed by atoms with E-state index in [2.05, 4.69) is 10.3 Å². The van der Waals surface area contributed by atoms with Gasteiger partial charge in [0.05, 0.1) is 12.1 Å². The van der Waals surface area contributed by atoms with Crippen molar-refractivity contribution in [3.63, 3.8) is 0 Å². The summed E-state index contributed by atoms with van der Waals surface area (Å²) in [6.45, 7) is 0. The zero-order valence-corrected chi connectivity index (χ0v) is 17.4. The van der Waals surface area contributed by atoms with E-state index in [0.717, 1.165) is 11.1 Å². The Labute approximate surface area is 182 Å². The summed E-state index contributed by atoms with van der Waals surface area (Å²) in [6, 6.07) is 17.8. The zero-order valence-electron chi connectivity index (χ0n) is 15.9. The molecule has 0 aliphatic rings. The highest BCUT2D eigenvalue weighted by Gasteiger charge is 2.11. The minimum Gasteiger partial charge on any atom is -0.495 e. The number of amides is 1. The number of carbonyl (C=O) groups excluding carboxylic acids is 1. The van der Waals surface area contributed by atoms with Gasteiger partial charge in [0.2, 0.25) is 11.8 Å². The molecule has 1 amide bonds. The highest BCUT2D eigenvalue weighted by atomic mass is 35.5. The van der Waals surface area contributed by atoms with Gasteiger partial charge in [0.1, 0.15) is 11.3 Å². The monoisotopic (exact) mass is 438 g/mol. The first kappa shape index (κ1) is 20.0. The summed E-state index contributed by atoms with van der Waals surface area (Å²) in [5, 5.41) is 3.93. The molecule has 0 aliphatic carbocycles. The fourth-order valence-corrected chi connectivity index (χ4v) is 3.24. The Morgan fingerprint density at radius 2 is 1.87 bits per heavy atom. The van der Waals surface area contributed by atoms with Gasteiger partial charge in [0, 0.05) is 22.3 Å². The van der Waals surface area contributed by atoms with Gasteiger partial charge >= 0.3 is 0 Å². The molecule has 0 aliphatic heterocycles. The van der Waals surface area contributed by atoms with Crippen LogP contribution in [0.3, 0.4) is 0 Å². The summed E-state index contributed by atoms with van der Waals surface area (Å²) in [5.74, 6) is 0.754. The van der Waals surface area contributed by atoms with Crippen molar-refractivity contribution in [3.8, 4) is 17.2 Å². The second-order valence-electron chi connectivity index (χ2n) is 6.42. The maximum Gasteiger partial charge on any atom is 0.248 e. The fraction of sp³-hybridized carbons (Fsp3) is 0.0435. The predicted octanol–water partition coefficient (Wildman–Crippen LogP) is 6.46. The molecule has 0 unspecified atom stereocenters. The highest BCUT2D eigenvalue weighted by Crippen LogP contribution is 2.32. The lowest BCUT2D eigenvalue weighted by atomic mass is 10.2. The van der Waals surface area contributed by atoms with Crippen LogP contribution in [0.2, 0.25) is 10.0 Å². The number of nitrogens with one attached hydrogen (secondary N) is 1. The molecule has 1 heterocycles. The maximum atomic E-state index is 12.2. The third-order valence-corrected chi connectivity index (χ3v) is 4.90. The van der Waals surface area contributed by atoms with Crippen LogP contribution in [0.4, 0.5) is 5.69 Å². The standard InChI is InChI=1S/C23H16Cl2N2O3/c1-29-20-9-5-15(12-18(20)25)23-27-19-13-17(8-10-21(19)30-23)26-22(28)11-4-14-2-6-16(24)7-3-14/h2-13H,1H3,(H,26,28)/b11-4+. The van der Waals surface area contributed by atoms with Gasteiger partial charge in [0.25, 0.3) is 0 Å². The van der Waals surface area contributed by atoms with E-state index in [0.29, 0.717) is 38.5 Å². The van der Waals surface area contributed by atoms with Crippen LogP contribution >= 0.6 is 23.2 Å². The number of benzene rings is 3. The molecular weight excluding hydrogens is 423 g/mol. The molecule has 0 saturated carbocycles. The summed E-state index contributed by atoms with van der Waals surface area (Å²) in [7, 11) is 1.56. The number of rotatable bonds is 5. The third-order valence-electron chi connectivity index (χ3n) is 4.35. The first-order chi connectivity index (χ1) is 14.5. The van der Waals surface area contributed by atoms with Crippen molar-refractivity contribution in [1.82, 2.24) is 4.98 Å². The smallest absolute Gasteiger partial charge is 0.248 e. The molecule has 5 nitrogen and oxygen atoms in total. The van der Waals surface area contributed by atoms with E-state index < -0.39 is 0 Å². The van der Waals surface area contributed by atoms with Gasteiger partial charge in [-0.1, -0.05) is 35.3 Å². The van der Waals surface area contributed by atoms with Crippen LogP contribution in [0.5, 0.6) is 5.75 Å². The molecule has 7 heteroatoms. The molecule has 1 aromatic heterocycles. The number of anilines is 1. The zero-order chi connectivity index (χ0) is 21.1. The van der Waals surface area contributed by atoms with Gasteiger partial charge in [-0.05, 0) is 60.2 Å². The van der Waals surface area contributed by atoms with Crippen molar-refractivity contribution in [3.05, 3.63) is 82.3 Å². The molecule has 4 rings (SSSR count). The van der Waals surface area contributed by atoms with E-state index in [1.165, 1.54) is 6.08 Å². The van der Waals surface area contributed by atoms with Crippen LogP contribution < -0.4 is 10.1 Å². The Morgan fingerprint density at radius 3 is 2.60 bits per heavy atom. The molecule has 1 N–H and O–H groups in total. The van der Waals surface area contributed by atoms with E-state index in [-0.39, 0.29) is 5.91 Å². The summed E-state index contributed by atoms with van der Waals surface area (Å²) in [4.78, 5) is 16.7. The number of fused-ring (bicyclic) bond motifs is 1. The Bertz CT molecular complexity index is 1250. The molecule has 0 fully saturated rings. The number of methoxy groups -OCH3 is 1. The molecule has 4 aromatic rings. The van der Waals surface area contributed by atoms with E-state index in [1.54, 1.807) is 55.7 Å². The topological polar surface area (TPSA) is 64.4 Å². The number of nitrogens with zero attached hydrogens (tertiary/aromatic N) is 1. The van der Waals surface area contributed by atoms with E-state index in [9.17, 15) is 4.79 Å². The average Bonchev–Trinajstić information content (AvgIpc) is 3.17. The molecule has 0 saturated heterocycles. The van der Waals surface area contributed by atoms with Crippen LogP contribution in [0.15, 0.2) is 71.2 Å². The number of aromatic nitrogens is 1. The first-order valence-corrected chi connectivity index (χ1v) is 9.76. The van der Waals surface area contributed by atoms with Gasteiger partial charge < -0.3 is 14.5 Å². The van der Waals surface area contributed by atoms with Gasteiger partial charge in [-0.2, -0.15) is 0 Å². The van der Waals surface area contributed by atoms with E-state index in [4.69, 9.17) is 32.4 Å². The van der Waals surface area contributed by atoms with Crippen LogP contribution in [0, 0.1) is 0 Å². The van der Waals surface area contributed by atoms with Crippen LogP contribution in [0.1, 0.15) is 5.56 Å². The largest absolute Gasteiger partial charge is 0.495 e. The Kier molecular flexibility index (Phi) is 5.74. The molecule has 0 spiro atoms.